The summed E-state index contributed by atoms with van der Waals surface area (Å²) in [4.78, 5) is 34.2. The van der Waals surface area contributed by atoms with Gasteiger partial charge in [0.2, 0.25) is 5.91 Å². The zero-order valence-corrected chi connectivity index (χ0v) is 18.4. The van der Waals surface area contributed by atoms with Gasteiger partial charge in [0.25, 0.3) is 5.56 Å². The predicted octanol–water partition coefficient (Wildman–Crippen LogP) is 3.27. The molecule has 1 aromatic carbocycles. The smallest absolute Gasteiger partial charge is 0.261 e. The van der Waals surface area contributed by atoms with Crippen molar-refractivity contribution < 1.29 is 4.79 Å². The minimum absolute atomic E-state index is 0.0959. The number of hydrogen-bond donors (Lipinski definition) is 0. The van der Waals surface area contributed by atoms with E-state index in [0.717, 1.165) is 36.6 Å². The number of nitrogens with zero attached hydrogens (tertiary/aromatic N) is 4. The highest BCUT2D eigenvalue weighted by Gasteiger charge is 2.23. The fourth-order valence-corrected chi connectivity index (χ4v) is 4.94. The summed E-state index contributed by atoms with van der Waals surface area (Å²) in [7, 11) is 0. The van der Waals surface area contributed by atoms with Crippen LogP contribution >= 0.6 is 15.9 Å². The molecule has 2 fully saturated rings. The molecule has 1 aliphatic carbocycles. The second-order valence-electron chi connectivity index (χ2n) is 8.34. The van der Waals surface area contributed by atoms with Crippen LogP contribution in [0.15, 0.2) is 33.8 Å². The number of benzene rings is 1. The largest absolute Gasteiger partial charge is 0.340 e. The zero-order chi connectivity index (χ0) is 20.2. The molecule has 0 radical (unpaired) electrons. The summed E-state index contributed by atoms with van der Waals surface area (Å²) in [5.74, 6) is 0.974. The Bertz CT molecular complexity index is 915. The summed E-state index contributed by atoms with van der Waals surface area (Å²) in [6.07, 6.45) is 8.77. The highest BCUT2D eigenvalue weighted by atomic mass is 79.9. The number of aryl methyl sites for hydroxylation is 1. The van der Waals surface area contributed by atoms with Gasteiger partial charge in [-0.1, -0.05) is 35.2 Å². The van der Waals surface area contributed by atoms with Crippen LogP contribution in [0.4, 0.5) is 0 Å². The van der Waals surface area contributed by atoms with E-state index in [2.05, 4.69) is 25.8 Å². The molecule has 2 aliphatic rings. The molecule has 2 heterocycles. The Morgan fingerprint density at radius 3 is 2.62 bits per heavy atom. The van der Waals surface area contributed by atoms with Crippen molar-refractivity contribution in [2.75, 3.05) is 32.7 Å². The molecule has 0 unspecified atom stereocenters. The highest BCUT2D eigenvalue weighted by Crippen LogP contribution is 2.24. The normalized spacial score (nSPS) is 19.0. The molecular weight excluding hydrogens is 432 g/mol. The lowest BCUT2D eigenvalue weighted by atomic mass is 9.89. The summed E-state index contributed by atoms with van der Waals surface area (Å²) in [6, 6.07) is 5.48. The van der Waals surface area contributed by atoms with Gasteiger partial charge in [-0.3, -0.25) is 19.1 Å². The number of piperazine rings is 1. The minimum atomic E-state index is -0.0959. The molecule has 1 saturated heterocycles. The molecule has 156 valence electrons. The molecule has 0 N–H and O–H groups in total. The molecule has 0 spiro atoms. The Labute approximate surface area is 180 Å². The molecule has 6 nitrogen and oxygen atoms in total. The second-order valence-corrected chi connectivity index (χ2v) is 9.26. The molecule has 1 amide bonds. The molecule has 4 rings (SSSR count). The SMILES string of the molecule is O=C(CCn1cnc2ccc(Br)cc2c1=O)N1CCN(CC2CCCCC2)CC1. The minimum Gasteiger partial charge on any atom is -0.340 e. The van der Waals surface area contributed by atoms with Gasteiger partial charge in [-0.25, -0.2) is 4.98 Å². The van der Waals surface area contributed by atoms with E-state index in [9.17, 15) is 9.59 Å². The summed E-state index contributed by atoms with van der Waals surface area (Å²) in [5.41, 5.74) is 0.580. The summed E-state index contributed by atoms with van der Waals surface area (Å²) >= 11 is 3.40. The van der Waals surface area contributed by atoms with Crippen molar-refractivity contribution in [3.8, 4) is 0 Å². The van der Waals surface area contributed by atoms with Crippen LogP contribution in [0.5, 0.6) is 0 Å². The van der Waals surface area contributed by atoms with Crippen molar-refractivity contribution in [3.63, 3.8) is 0 Å². The summed E-state index contributed by atoms with van der Waals surface area (Å²) in [5, 5.41) is 0.575. The molecular formula is C22H29BrN4O2. The van der Waals surface area contributed by atoms with Crippen LogP contribution in [-0.2, 0) is 11.3 Å². The van der Waals surface area contributed by atoms with Gasteiger partial charge in [-0.2, -0.15) is 0 Å². The third kappa shape index (κ3) is 5.07. The summed E-state index contributed by atoms with van der Waals surface area (Å²) < 4.78 is 2.40. The van der Waals surface area contributed by atoms with Crippen LogP contribution in [0.25, 0.3) is 10.9 Å². The summed E-state index contributed by atoms with van der Waals surface area (Å²) in [6.45, 7) is 5.08. The van der Waals surface area contributed by atoms with Crippen LogP contribution in [-0.4, -0.2) is 58.0 Å². The molecule has 7 heteroatoms. The van der Waals surface area contributed by atoms with Crippen LogP contribution in [0.3, 0.4) is 0 Å². The molecule has 0 bridgehead atoms. The van der Waals surface area contributed by atoms with Gasteiger partial charge in [0.1, 0.15) is 0 Å². The van der Waals surface area contributed by atoms with Gasteiger partial charge in [-0.15, -0.1) is 0 Å². The van der Waals surface area contributed by atoms with Crippen molar-refractivity contribution in [1.29, 1.82) is 0 Å². The maximum Gasteiger partial charge on any atom is 0.261 e. The monoisotopic (exact) mass is 460 g/mol. The first-order valence-electron chi connectivity index (χ1n) is 10.7. The van der Waals surface area contributed by atoms with E-state index >= 15 is 0 Å². The third-order valence-electron chi connectivity index (χ3n) is 6.32. The molecule has 29 heavy (non-hydrogen) atoms. The molecule has 1 aliphatic heterocycles. The van der Waals surface area contributed by atoms with Gasteiger partial charge in [0.15, 0.2) is 0 Å². The van der Waals surface area contributed by atoms with E-state index < -0.39 is 0 Å². The first-order valence-corrected chi connectivity index (χ1v) is 11.5. The van der Waals surface area contributed by atoms with Gasteiger partial charge in [-0.05, 0) is 37.0 Å². The highest BCUT2D eigenvalue weighted by molar-refractivity contribution is 9.10. The van der Waals surface area contributed by atoms with Crippen LogP contribution in [0.2, 0.25) is 0 Å². The number of amides is 1. The molecule has 1 aromatic heterocycles. The van der Waals surface area contributed by atoms with Gasteiger partial charge in [0, 0.05) is 50.2 Å². The lowest BCUT2D eigenvalue weighted by Gasteiger charge is -2.37. The van der Waals surface area contributed by atoms with Crippen molar-refractivity contribution in [2.24, 2.45) is 5.92 Å². The number of fused-ring (bicyclic) bond motifs is 1. The van der Waals surface area contributed by atoms with Gasteiger partial charge < -0.3 is 4.90 Å². The fourth-order valence-electron chi connectivity index (χ4n) is 4.58. The number of hydrogen-bond acceptors (Lipinski definition) is 4. The average Bonchev–Trinajstić information content (AvgIpc) is 2.75. The number of rotatable bonds is 5. The topological polar surface area (TPSA) is 58.4 Å². The van der Waals surface area contributed by atoms with Crippen LogP contribution in [0.1, 0.15) is 38.5 Å². The zero-order valence-electron chi connectivity index (χ0n) is 16.9. The lowest BCUT2D eigenvalue weighted by molar-refractivity contribution is -0.133. The third-order valence-corrected chi connectivity index (χ3v) is 6.81. The van der Waals surface area contributed by atoms with Crippen molar-refractivity contribution in [3.05, 3.63) is 39.4 Å². The second kappa shape index (κ2) is 9.39. The number of aromatic nitrogens is 2. The Morgan fingerprint density at radius 2 is 1.86 bits per heavy atom. The Balaban J connectivity index is 1.29. The maximum absolute atomic E-state index is 12.7. The van der Waals surface area contributed by atoms with E-state index in [1.807, 2.05) is 17.0 Å². The molecule has 2 aromatic rings. The number of halogens is 1. The Morgan fingerprint density at radius 1 is 1.10 bits per heavy atom. The van der Waals surface area contributed by atoms with E-state index in [0.29, 0.717) is 23.9 Å². The first kappa shape index (κ1) is 20.5. The Kier molecular flexibility index (Phi) is 6.65. The number of carbonyl (C=O) groups excluding carboxylic acids is 1. The first-order chi connectivity index (χ1) is 14.1. The van der Waals surface area contributed by atoms with Gasteiger partial charge >= 0.3 is 0 Å². The standard InChI is InChI=1S/C22H29BrN4O2/c23-18-6-7-20-19(14-18)22(29)27(16-24-20)9-8-21(28)26-12-10-25(11-13-26)15-17-4-2-1-3-5-17/h6-7,14,16-17H,1-5,8-13,15H2. The lowest BCUT2D eigenvalue weighted by Crippen LogP contribution is -2.50. The molecule has 0 atom stereocenters. The van der Waals surface area contributed by atoms with Crippen molar-refractivity contribution in [1.82, 2.24) is 19.4 Å². The van der Waals surface area contributed by atoms with Crippen LogP contribution < -0.4 is 5.56 Å². The van der Waals surface area contributed by atoms with Crippen molar-refractivity contribution >= 4 is 32.7 Å². The maximum atomic E-state index is 12.7. The number of carbonyl (C=O) groups is 1. The predicted molar refractivity (Wildman–Crippen MR) is 118 cm³/mol. The van der Waals surface area contributed by atoms with E-state index in [4.69, 9.17) is 0 Å². The van der Waals surface area contributed by atoms with E-state index in [-0.39, 0.29) is 11.5 Å². The molecule has 1 saturated carbocycles. The van der Waals surface area contributed by atoms with E-state index in [1.165, 1.54) is 38.6 Å². The Hall–Kier alpha value is -1.73. The van der Waals surface area contributed by atoms with E-state index in [1.54, 1.807) is 17.0 Å². The van der Waals surface area contributed by atoms with Gasteiger partial charge in [0.05, 0.1) is 17.2 Å². The average molecular weight is 461 g/mol. The fraction of sp³-hybridized carbons (Fsp3) is 0.591. The van der Waals surface area contributed by atoms with Crippen molar-refractivity contribution in [2.45, 2.75) is 45.1 Å². The van der Waals surface area contributed by atoms with Crippen LogP contribution in [0, 0.1) is 5.92 Å². The quantitative estimate of drug-likeness (QED) is 0.686.